The van der Waals surface area contributed by atoms with Gasteiger partial charge < -0.3 is 10.1 Å². The predicted octanol–water partition coefficient (Wildman–Crippen LogP) is 4.96. The zero-order chi connectivity index (χ0) is 20.1. The molecule has 1 N–H and O–H groups in total. The Morgan fingerprint density at radius 2 is 1.57 bits per heavy atom. The number of esters is 1. The second-order valence-electron chi connectivity index (χ2n) is 7.30. The van der Waals surface area contributed by atoms with Crippen molar-refractivity contribution in [3.63, 3.8) is 0 Å². The molecule has 0 unspecified atom stereocenters. The number of hydrogen-bond donors (Lipinski definition) is 1. The highest BCUT2D eigenvalue weighted by Gasteiger charge is 2.18. The van der Waals surface area contributed by atoms with E-state index in [-0.39, 0.29) is 5.91 Å². The maximum atomic E-state index is 12.7. The molecule has 0 saturated heterocycles. The van der Waals surface area contributed by atoms with E-state index in [2.05, 4.69) is 10.3 Å². The molecule has 1 heterocycles. The molecule has 0 fully saturated rings. The predicted molar refractivity (Wildman–Crippen MR) is 109 cm³/mol. The third-order valence-corrected chi connectivity index (χ3v) is 3.88. The van der Waals surface area contributed by atoms with Gasteiger partial charge in [-0.15, -0.1) is 0 Å². The van der Waals surface area contributed by atoms with Crippen molar-refractivity contribution in [3.8, 4) is 11.1 Å². The third kappa shape index (κ3) is 4.82. The van der Waals surface area contributed by atoms with Crippen LogP contribution in [-0.4, -0.2) is 22.5 Å². The van der Waals surface area contributed by atoms with Gasteiger partial charge in [0.1, 0.15) is 11.3 Å². The van der Waals surface area contributed by atoms with Gasteiger partial charge in [-0.1, -0.05) is 36.4 Å². The average Bonchev–Trinajstić information content (AvgIpc) is 2.68. The van der Waals surface area contributed by atoms with Crippen LogP contribution in [0.15, 0.2) is 72.9 Å². The largest absolute Gasteiger partial charge is 0.456 e. The number of ether oxygens (including phenoxy) is 1. The van der Waals surface area contributed by atoms with Gasteiger partial charge in [0.2, 0.25) is 0 Å². The second-order valence-corrected chi connectivity index (χ2v) is 7.30. The molecule has 0 radical (unpaired) electrons. The maximum Gasteiger partial charge on any atom is 0.338 e. The number of anilines is 1. The molecule has 0 aliphatic carbocycles. The molecular weight excluding hydrogens is 352 g/mol. The van der Waals surface area contributed by atoms with Crippen LogP contribution in [0, 0.1) is 0 Å². The molecule has 3 rings (SSSR count). The zero-order valence-electron chi connectivity index (χ0n) is 16.1. The lowest BCUT2D eigenvalue weighted by Crippen LogP contribution is -2.23. The van der Waals surface area contributed by atoms with Gasteiger partial charge >= 0.3 is 5.97 Å². The molecule has 5 heteroatoms. The summed E-state index contributed by atoms with van der Waals surface area (Å²) < 4.78 is 5.34. The van der Waals surface area contributed by atoms with Crippen LogP contribution < -0.4 is 5.32 Å². The number of benzene rings is 2. The smallest absolute Gasteiger partial charge is 0.338 e. The highest BCUT2D eigenvalue weighted by molar-refractivity contribution is 6.07. The summed E-state index contributed by atoms with van der Waals surface area (Å²) in [6.07, 6.45) is 1.59. The Labute approximate surface area is 164 Å². The normalized spacial score (nSPS) is 11.0. The van der Waals surface area contributed by atoms with Gasteiger partial charge in [-0.05, 0) is 56.7 Å². The van der Waals surface area contributed by atoms with Gasteiger partial charge in [0, 0.05) is 17.4 Å². The number of rotatable bonds is 4. The van der Waals surface area contributed by atoms with Crippen LogP contribution in [0.1, 0.15) is 41.6 Å². The number of aromatic nitrogens is 1. The monoisotopic (exact) mass is 374 g/mol. The highest BCUT2D eigenvalue weighted by Crippen LogP contribution is 2.23. The zero-order valence-corrected chi connectivity index (χ0v) is 16.1. The summed E-state index contributed by atoms with van der Waals surface area (Å²) in [5, 5.41) is 2.83. The van der Waals surface area contributed by atoms with E-state index in [1.807, 2.05) is 57.2 Å². The molecule has 0 bridgehead atoms. The Kier molecular flexibility index (Phi) is 5.54. The van der Waals surface area contributed by atoms with Crippen LogP contribution in [0.4, 0.5) is 5.69 Å². The fourth-order valence-electron chi connectivity index (χ4n) is 2.65. The van der Waals surface area contributed by atoms with Gasteiger partial charge in [0.05, 0.1) is 5.56 Å². The van der Waals surface area contributed by atoms with E-state index in [4.69, 9.17) is 4.74 Å². The fourth-order valence-corrected chi connectivity index (χ4v) is 2.65. The van der Waals surface area contributed by atoms with E-state index in [9.17, 15) is 9.59 Å². The highest BCUT2D eigenvalue weighted by atomic mass is 16.6. The molecule has 0 atom stereocenters. The molecule has 3 aromatic rings. The molecule has 0 spiro atoms. The lowest BCUT2D eigenvalue weighted by Gasteiger charge is -2.19. The summed E-state index contributed by atoms with van der Waals surface area (Å²) >= 11 is 0. The number of hydrogen-bond acceptors (Lipinski definition) is 4. The number of pyridine rings is 1. The molecule has 5 nitrogen and oxygen atoms in total. The van der Waals surface area contributed by atoms with E-state index in [1.165, 1.54) is 0 Å². The maximum absolute atomic E-state index is 12.7. The number of carbonyl (C=O) groups excluding carboxylic acids is 2. The molecule has 142 valence electrons. The first-order valence-electron chi connectivity index (χ1n) is 8.99. The van der Waals surface area contributed by atoms with Gasteiger partial charge in [0.15, 0.2) is 0 Å². The van der Waals surface area contributed by atoms with Crippen molar-refractivity contribution < 1.29 is 14.3 Å². The summed E-state index contributed by atoms with van der Waals surface area (Å²) in [6, 6.07) is 19.9. The van der Waals surface area contributed by atoms with Crippen LogP contribution >= 0.6 is 0 Å². The Morgan fingerprint density at radius 3 is 2.21 bits per heavy atom. The van der Waals surface area contributed by atoms with Gasteiger partial charge in [0.25, 0.3) is 5.91 Å². The molecule has 2 aromatic carbocycles. The average molecular weight is 374 g/mol. The molecule has 0 aliphatic rings. The Morgan fingerprint density at radius 1 is 0.893 bits per heavy atom. The molecular formula is C23H22N2O3. The van der Waals surface area contributed by atoms with Crippen molar-refractivity contribution >= 4 is 17.6 Å². The van der Waals surface area contributed by atoms with Gasteiger partial charge in [-0.25, -0.2) is 4.79 Å². The molecule has 0 saturated carbocycles. The van der Waals surface area contributed by atoms with Crippen LogP contribution in [0.5, 0.6) is 0 Å². The first kappa shape index (κ1) is 19.3. The van der Waals surface area contributed by atoms with Crippen molar-refractivity contribution in [1.29, 1.82) is 0 Å². The molecule has 0 aliphatic heterocycles. The van der Waals surface area contributed by atoms with Gasteiger partial charge in [-0.3, -0.25) is 9.78 Å². The Hall–Kier alpha value is -3.47. The topological polar surface area (TPSA) is 68.3 Å². The summed E-state index contributed by atoms with van der Waals surface area (Å²) in [4.78, 5) is 29.1. The summed E-state index contributed by atoms with van der Waals surface area (Å²) in [5.74, 6) is -0.717. The van der Waals surface area contributed by atoms with E-state index in [0.29, 0.717) is 16.9 Å². The number of amides is 1. The van der Waals surface area contributed by atoms with Crippen molar-refractivity contribution in [2.75, 3.05) is 5.32 Å². The van der Waals surface area contributed by atoms with Crippen molar-refractivity contribution in [2.24, 2.45) is 0 Å². The van der Waals surface area contributed by atoms with E-state index in [0.717, 1.165) is 11.1 Å². The van der Waals surface area contributed by atoms with Crippen molar-refractivity contribution in [2.45, 2.75) is 26.4 Å². The lowest BCUT2D eigenvalue weighted by atomic mass is 10.0. The minimum atomic E-state index is -0.559. The SMILES string of the molecule is CC(C)(C)OC(=O)c1ccc(NC(=O)c2ncccc2-c2ccccc2)cc1. The first-order valence-corrected chi connectivity index (χ1v) is 8.99. The molecule has 1 aromatic heterocycles. The second kappa shape index (κ2) is 8.05. The minimum Gasteiger partial charge on any atom is -0.456 e. The number of carbonyl (C=O) groups is 2. The molecule has 28 heavy (non-hydrogen) atoms. The standard InChI is InChI=1S/C23H22N2O3/c1-23(2,3)28-22(27)17-11-13-18(14-12-17)25-21(26)20-19(10-7-15-24-20)16-8-5-4-6-9-16/h4-15H,1-3H3,(H,25,26). The van der Waals surface area contributed by atoms with Gasteiger partial charge in [-0.2, -0.15) is 0 Å². The summed E-state index contributed by atoms with van der Waals surface area (Å²) in [6.45, 7) is 5.45. The third-order valence-electron chi connectivity index (χ3n) is 3.88. The van der Waals surface area contributed by atoms with Crippen molar-refractivity contribution in [3.05, 3.63) is 84.2 Å². The molecule has 1 amide bonds. The van der Waals surface area contributed by atoms with Crippen LogP contribution in [0.25, 0.3) is 11.1 Å². The minimum absolute atomic E-state index is 0.315. The Bertz CT molecular complexity index is 975. The first-order chi connectivity index (χ1) is 13.3. The fraction of sp³-hybridized carbons (Fsp3) is 0.174. The lowest BCUT2D eigenvalue weighted by molar-refractivity contribution is 0.00695. The van der Waals surface area contributed by atoms with E-state index in [1.54, 1.807) is 36.5 Å². The summed E-state index contributed by atoms with van der Waals surface area (Å²) in [7, 11) is 0. The quantitative estimate of drug-likeness (QED) is 0.656. The van der Waals surface area contributed by atoms with E-state index < -0.39 is 11.6 Å². The van der Waals surface area contributed by atoms with E-state index >= 15 is 0 Å². The Balaban J connectivity index is 1.77. The number of nitrogens with zero attached hydrogens (tertiary/aromatic N) is 1. The summed E-state index contributed by atoms with van der Waals surface area (Å²) in [5.41, 5.74) is 2.45. The van der Waals surface area contributed by atoms with Crippen LogP contribution in [-0.2, 0) is 4.74 Å². The van der Waals surface area contributed by atoms with Crippen LogP contribution in [0.2, 0.25) is 0 Å². The van der Waals surface area contributed by atoms with Crippen LogP contribution in [0.3, 0.4) is 0 Å². The number of nitrogens with one attached hydrogen (secondary N) is 1. The van der Waals surface area contributed by atoms with Crippen molar-refractivity contribution in [1.82, 2.24) is 4.98 Å².